The molecule has 0 bridgehead atoms. The van der Waals surface area contributed by atoms with E-state index in [1.807, 2.05) is 0 Å². The number of hydrogen-bond donors (Lipinski definition) is 2. The third kappa shape index (κ3) is 3.46. The lowest BCUT2D eigenvalue weighted by atomic mass is 9.89. The molecular formula is C12H18BrN3O2S. The number of nitrogen functional groups attached to an aromatic ring is 1. The van der Waals surface area contributed by atoms with Crippen LogP contribution in [-0.4, -0.2) is 19.9 Å². The van der Waals surface area contributed by atoms with Crippen molar-refractivity contribution in [2.24, 2.45) is 5.41 Å². The molecule has 106 valence electrons. The summed E-state index contributed by atoms with van der Waals surface area (Å²) in [6.07, 6.45) is 5.92. The first-order valence-corrected chi connectivity index (χ1v) is 8.51. The van der Waals surface area contributed by atoms with Crippen molar-refractivity contribution in [1.82, 2.24) is 9.71 Å². The Morgan fingerprint density at radius 1 is 1.47 bits per heavy atom. The Labute approximate surface area is 122 Å². The summed E-state index contributed by atoms with van der Waals surface area (Å²) in [6.45, 7) is 2.56. The molecule has 1 aliphatic rings. The molecule has 1 fully saturated rings. The van der Waals surface area contributed by atoms with Gasteiger partial charge >= 0.3 is 0 Å². The molecule has 1 aromatic heterocycles. The van der Waals surface area contributed by atoms with Gasteiger partial charge in [-0.15, -0.1) is 0 Å². The van der Waals surface area contributed by atoms with Gasteiger partial charge in [-0.25, -0.2) is 18.1 Å². The maximum absolute atomic E-state index is 12.3. The van der Waals surface area contributed by atoms with E-state index in [1.54, 1.807) is 0 Å². The molecule has 0 aromatic carbocycles. The molecule has 0 aliphatic heterocycles. The average Bonchev–Trinajstić information content (AvgIpc) is 2.78. The number of halogens is 1. The van der Waals surface area contributed by atoms with E-state index in [0.717, 1.165) is 12.8 Å². The monoisotopic (exact) mass is 347 g/mol. The van der Waals surface area contributed by atoms with Gasteiger partial charge in [-0.05, 0) is 40.3 Å². The zero-order chi connectivity index (χ0) is 14.1. The maximum atomic E-state index is 12.3. The Balaban J connectivity index is 2.16. The third-order valence-electron chi connectivity index (χ3n) is 3.64. The average molecular weight is 348 g/mol. The van der Waals surface area contributed by atoms with Gasteiger partial charge in [-0.1, -0.05) is 19.8 Å². The SMILES string of the molecule is CC1(CNS(=O)(=O)c2cc(Br)cnc2N)CCCC1. The summed E-state index contributed by atoms with van der Waals surface area (Å²) in [7, 11) is -3.61. The van der Waals surface area contributed by atoms with Crippen LogP contribution in [0.25, 0.3) is 0 Å². The Morgan fingerprint density at radius 3 is 2.74 bits per heavy atom. The van der Waals surface area contributed by atoms with Gasteiger partial charge in [-0.2, -0.15) is 0 Å². The number of pyridine rings is 1. The number of hydrogen-bond acceptors (Lipinski definition) is 4. The summed E-state index contributed by atoms with van der Waals surface area (Å²) in [5.41, 5.74) is 5.70. The van der Waals surface area contributed by atoms with Gasteiger partial charge in [0, 0.05) is 17.2 Å². The number of nitrogens with zero attached hydrogens (tertiary/aromatic N) is 1. The smallest absolute Gasteiger partial charge is 0.244 e. The molecule has 3 N–H and O–H groups in total. The van der Waals surface area contributed by atoms with Gasteiger partial charge in [0.2, 0.25) is 10.0 Å². The summed E-state index contributed by atoms with van der Waals surface area (Å²) >= 11 is 3.21. The quantitative estimate of drug-likeness (QED) is 0.874. The second kappa shape index (κ2) is 5.38. The van der Waals surface area contributed by atoms with Crippen molar-refractivity contribution < 1.29 is 8.42 Å². The molecule has 1 heterocycles. The zero-order valence-electron chi connectivity index (χ0n) is 10.8. The predicted octanol–water partition coefficient (Wildman–Crippen LogP) is 2.28. The van der Waals surface area contributed by atoms with Crippen LogP contribution in [-0.2, 0) is 10.0 Å². The molecule has 5 nitrogen and oxygen atoms in total. The standard InChI is InChI=1S/C12H18BrN3O2S/c1-12(4-2-3-5-12)8-16-19(17,18)10-6-9(13)7-15-11(10)14/h6-7,16H,2-5,8H2,1H3,(H2,14,15). The van der Waals surface area contributed by atoms with E-state index < -0.39 is 10.0 Å². The topological polar surface area (TPSA) is 85.1 Å². The van der Waals surface area contributed by atoms with Crippen LogP contribution in [0, 0.1) is 5.41 Å². The Morgan fingerprint density at radius 2 is 2.11 bits per heavy atom. The second-order valence-corrected chi connectivity index (χ2v) is 8.03. The number of sulfonamides is 1. The number of nitrogens with two attached hydrogens (primary N) is 1. The minimum absolute atomic E-state index is 0.0206. The van der Waals surface area contributed by atoms with Crippen LogP contribution in [0.2, 0.25) is 0 Å². The first-order chi connectivity index (χ1) is 8.82. The van der Waals surface area contributed by atoms with Gasteiger partial charge in [0.25, 0.3) is 0 Å². The van der Waals surface area contributed by atoms with Crippen LogP contribution in [0.15, 0.2) is 21.6 Å². The Bertz CT molecular complexity index is 568. The molecule has 2 rings (SSSR count). The van der Waals surface area contributed by atoms with Crippen LogP contribution in [0.5, 0.6) is 0 Å². The zero-order valence-corrected chi connectivity index (χ0v) is 13.2. The summed E-state index contributed by atoms with van der Waals surface area (Å²) in [5, 5.41) is 0. The molecule has 1 saturated carbocycles. The molecule has 0 unspecified atom stereocenters. The second-order valence-electron chi connectivity index (χ2n) is 5.38. The summed E-state index contributed by atoms with van der Waals surface area (Å²) in [6, 6.07) is 1.47. The third-order valence-corrected chi connectivity index (χ3v) is 5.50. The molecule has 0 atom stereocenters. The van der Waals surface area contributed by atoms with Crippen molar-refractivity contribution in [3.05, 3.63) is 16.7 Å². The van der Waals surface area contributed by atoms with Gasteiger partial charge in [0.15, 0.2) is 0 Å². The van der Waals surface area contributed by atoms with Gasteiger partial charge in [-0.3, -0.25) is 0 Å². The fourth-order valence-electron chi connectivity index (χ4n) is 2.40. The Kier molecular flexibility index (Phi) is 4.17. The largest absolute Gasteiger partial charge is 0.383 e. The highest BCUT2D eigenvalue weighted by molar-refractivity contribution is 9.10. The summed E-state index contributed by atoms with van der Waals surface area (Å²) < 4.78 is 27.8. The number of aromatic nitrogens is 1. The maximum Gasteiger partial charge on any atom is 0.244 e. The molecule has 0 radical (unpaired) electrons. The molecule has 7 heteroatoms. The number of nitrogens with one attached hydrogen (secondary N) is 1. The van der Waals surface area contributed by atoms with Crippen molar-refractivity contribution in [2.75, 3.05) is 12.3 Å². The minimum Gasteiger partial charge on any atom is -0.383 e. The fraction of sp³-hybridized carbons (Fsp3) is 0.583. The molecular weight excluding hydrogens is 330 g/mol. The highest BCUT2D eigenvalue weighted by Crippen LogP contribution is 2.37. The van der Waals surface area contributed by atoms with E-state index in [2.05, 4.69) is 32.6 Å². The Hall–Kier alpha value is -0.660. The minimum atomic E-state index is -3.61. The molecule has 19 heavy (non-hydrogen) atoms. The van der Waals surface area contributed by atoms with Crippen molar-refractivity contribution in [3.8, 4) is 0 Å². The first kappa shape index (κ1) is 14.7. The van der Waals surface area contributed by atoms with Crippen molar-refractivity contribution >= 4 is 31.8 Å². The molecule has 0 spiro atoms. The van der Waals surface area contributed by atoms with E-state index >= 15 is 0 Å². The molecule has 1 aliphatic carbocycles. The van der Waals surface area contributed by atoms with Crippen LogP contribution >= 0.6 is 15.9 Å². The summed E-state index contributed by atoms with van der Waals surface area (Å²) in [4.78, 5) is 3.88. The first-order valence-electron chi connectivity index (χ1n) is 6.23. The fourth-order valence-corrected chi connectivity index (χ4v) is 4.19. The molecule has 0 saturated heterocycles. The van der Waals surface area contributed by atoms with E-state index in [9.17, 15) is 8.42 Å². The molecule has 1 aromatic rings. The normalized spacial score (nSPS) is 18.6. The van der Waals surface area contributed by atoms with Crippen molar-refractivity contribution in [1.29, 1.82) is 0 Å². The van der Waals surface area contributed by atoms with Crippen molar-refractivity contribution in [3.63, 3.8) is 0 Å². The van der Waals surface area contributed by atoms with E-state index in [1.165, 1.54) is 25.1 Å². The van der Waals surface area contributed by atoms with E-state index in [-0.39, 0.29) is 16.1 Å². The van der Waals surface area contributed by atoms with Gasteiger partial charge in [0.1, 0.15) is 10.7 Å². The lowest BCUT2D eigenvalue weighted by Crippen LogP contribution is -2.34. The van der Waals surface area contributed by atoms with E-state index in [0.29, 0.717) is 11.0 Å². The lowest BCUT2D eigenvalue weighted by molar-refractivity contribution is 0.336. The van der Waals surface area contributed by atoms with Crippen LogP contribution in [0.1, 0.15) is 32.6 Å². The number of rotatable bonds is 4. The van der Waals surface area contributed by atoms with Crippen molar-refractivity contribution in [2.45, 2.75) is 37.5 Å². The van der Waals surface area contributed by atoms with Gasteiger partial charge < -0.3 is 5.73 Å². The van der Waals surface area contributed by atoms with E-state index in [4.69, 9.17) is 5.73 Å². The van der Waals surface area contributed by atoms with Crippen LogP contribution in [0.3, 0.4) is 0 Å². The molecule has 0 amide bonds. The van der Waals surface area contributed by atoms with Crippen LogP contribution in [0.4, 0.5) is 5.82 Å². The lowest BCUT2D eigenvalue weighted by Gasteiger charge is -2.23. The summed E-state index contributed by atoms with van der Waals surface area (Å²) in [5.74, 6) is 0.0206. The highest BCUT2D eigenvalue weighted by Gasteiger charge is 2.30. The van der Waals surface area contributed by atoms with Crippen LogP contribution < -0.4 is 10.5 Å². The predicted molar refractivity (Wildman–Crippen MR) is 78.1 cm³/mol. The number of anilines is 1. The highest BCUT2D eigenvalue weighted by atomic mass is 79.9. The van der Waals surface area contributed by atoms with Gasteiger partial charge in [0.05, 0.1) is 0 Å².